The molecule has 0 bridgehead atoms. The lowest BCUT2D eigenvalue weighted by molar-refractivity contribution is -0.117. The van der Waals surface area contributed by atoms with Crippen LogP contribution in [0, 0.1) is 5.82 Å². The highest BCUT2D eigenvalue weighted by Gasteiger charge is 2.25. The van der Waals surface area contributed by atoms with E-state index in [0.29, 0.717) is 36.1 Å². The summed E-state index contributed by atoms with van der Waals surface area (Å²) < 4.78 is 18.2. The van der Waals surface area contributed by atoms with E-state index in [0.717, 1.165) is 22.0 Å². The van der Waals surface area contributed by atoms with Crippen LogP contribution < -0.4 is 10.6 Å². The molecule has 1 aliphatic rings. The lowest BCUT2D eigenvalue weighted by atomic mass is 10.0. The minimum Gasteiger partial charge on any atom is -0.310 e. The lowest BCUT2D eigenvalue weighted by Gasteiger charge is -2.17. The number of pyridine rings is 2. The molecule has 0 unspecified atom stereocenters. The monoisotopic (exact) mass is 453 g/mol. The summed E-state index contributed by atoms with van der Waals surface area (Å²) in [5, 5.41) is 0.774. The highest BCUT2D eigenvalue weighted by Crippen LogP contribution is 2.31. The topological polar surface area (TPSA) is 73.0 Å². The molecule has 1 aliphatic heterocycles. The van der Waals surface area contributed by atoms with Crippen LogP contribution in [0.4, 0.5) is 10.1 Å². The predicted octanol–water partition coefficient (Wildman–Crippen LogP) is 4.21. The maximum atomic E-state index is 15.2. The number of carbonyl (C=O) groups is 1. The van der Waals surface area contributed by atoms with E-state index in [1.54, 1.807) is 37.8 Å². The molecule has 0 atom stereocenters. The summed E-state index contributed by atoms with van der Waals surface area (Å²) in [7, 11) is 1.67. The minimum absolute atomic E-state index is 0.0889. The third-order valence-corrected chi connectivity index (χ3v) is 6.43. The fourth-order valence-corrected chi connectivity index (χ4v) is 4.71. The number of fused-ring (bicyclic) bond motifs is 3. The third-order valence-electron chi connectivity index (χ3n) is 6.43. The van der Waals surface area contributed by atoms with Crippen molar-refractivity contribution in [1.29, 1.82) is 0 Å². The number of imidazole rings is 1. The van der Waals surface area contributed by atoms with Gasteiger partial charge in [-0.3, -0.25) is 23.9 Å². The van der Waals surface area contributed by atoms with E-state index in [-0.39, 0.29) is 17.3 Å². The largest absolute Gasteiger partial charge is 0.333 e. The Bertz CT molecular complexity index is 1660. The number of nitrogens with zero attached hydrogens (tertiary/aromatic N) is 5. The van der Waals surface area contributed by atoms with Gasteiger partial charge in [0.25, 0.3) is 0 Å². The van der Waals surface area contributed by atoms with Crippen molar-refractivity contribution < 1.29 is 9.18 Å². The number of aromatic nitrogens is 4. The molecule has 8 heteroatoms. The van der Waals surface area contributed by atoms with Gasteiger partial charge in [-0.1, -0.05) is 12.1 Å². The molecule has 34 heavy (non-hydrogen) atoms. The van der Waals surface area contributed by atoms with Gasteiger partial charge in [-0.25, -0.2) is 9.18 Å². The third kappa shape index (κ3) is 3.02. The summed E-state index contributed by atoms with van der Waals surface area (Å²) >= 11 is 0. The molecule has 168 valence electrons. The summed E-state index contributed by atoms with van der Waals surface area (Å²) in [5.41, 5.74) is 4.21. The van der Waals surface area contributed by atoms with Crippen LogP contribution in [-0.2, 0) is 11.8 Å². The number of anilines is 1. The molecule has 0 spiro atoms. The zero-order valence-corrected chi connectivity index (χ0v) is 18.4. The van der Waals surface area contributed by atoms with Crippen LogP contribution in [0.2, 0.25) is 0 Å². The number of hydrogen-bond acceptors (Lipinski definition) is 4. The van der Waals surface area contributed by atoms with Crippen molar-refractivity contribution in [3.63, 3.8) is 0 Å². The number of aryl methyl sites for hydroxylation is 1. The number of amides is 1. The molecule has 5 aromatic rings. The van der Waals surface area contributed by atoms with Gasteiger partial charge in [-0.2, -0.15) is 0 Å². The van der Waals surface area contributed by atoms with Crippen LogP contribution in [0.25, 0.3) is 38.8 Å². The van der Waals surface area contributed by atoms with Crippen molar-refractivity contribution in [3.8, 4) is 16.8 Å². The molecule has 1 saturated heterocycles. The molecular formula is C26H20FN5O2. The summed E-state index contributed by atoms with van der Waals surface area (Å²) in [6, 6.07) is 14.3. The molecule has 0 radical (unpaired) electrons. The van der Waals surface area contributed by atoms with E-state index in [2.05, 4.69) is 9.97 Å². The smallest absolute Gasteiger partial charge is 0.310 e. The average molecular weight is 453 g/mol. The molecule has 1 fully saturated rings. The van der Waals surface area contributed by atoms with Crippen molar-refractivity contribution in [2.45, 2.75) is 12.8 Å². The van der Waals surface area contributed by atoms with Crippen LogP contribution in [0.5, 0.6) is 0 Å². The van der Waals surface area contributed by atoms with Gasteiger partial charge >= 0.3 is 5.69 Å². The Morgan fingerprint density at radius 2 is 1.88 bits per heavy atom. The Kier molecular flexibility index (Phi) is 4.55. The quantitative estimate of drug-likeness (QED) is 0.410. The zero-order chi connectivity index (χ0) is 23.4. The van der Waals surface area contributed by atoms with E-state index in [4.69, 9.17) is 0 Å². The van der Waals surface area contributed by atoms with Crippen LogP contribution >= 0.6 is 0 Å². The Morgan fingerprint density at radius 3 is 2.62 bits per heavy atom. The van der Waals surface area contributed by atoms with Gasteiger partial charge in [0.2, 0.25) is 5.91 Å². The summed E-state index contributed by atoms with van der Waals surface area (Å²) in [6.45, 7) is 0.497. The van der Waals surface area contributed by atoms with Crippen molar-refractivity contribution in [2.24, 2.45) is 7.05 Å². The Morgan fingerprint density at radius 1 is 1.00 bits per heavy atom. The predicted molar refractivity (Wildman–Crippen MR) is 129 cm³/mol. The van der Waals surface area contributed by atoms with E-state index >= 15 is 4.39 Å². The van der Waals surface area contributed by atoms with Crippen LogP contribution in [0.3, 0.4) is 0 Å². The number of carbonyl (C=O) groups excluding carboxylic acids is 1. The zero-order valence-electron chi connectivity index (χ0n) is 18.4. The molecule has 3 aromatic heterocycles. The average Bonchev–Trinajstić information content (AvgIpc) is 3.40. The molecule has 7 nitrogen and oxygen atoms in total. The number of hydrogen-bond donors (Lipinski definition) is 0. The van der Waals surface area contributed by atoms with Crippen molar-refractivity contribution in [2.75, 3.05) is 11.4 Å². The molecule has 0 N–H and O–H groups in total. The second kappa shape index (κ2) is 7.62. The number of halogens is 1. The van der Waals surface area contributed by atoms with Crippen LogP contribution in [0.1, 0.15) is 12.8 Å². The molecule has 6 rings (SSSR count). The lowest BCUT2D eigenvalue weighted by Crippen LogP contribution is -2.25. The van der Waals surface area contributed by atoms with Gasteiger partial charge in [0.05, 0.1) is 34.1 Å². The normalized spacial score (nSPS) is 13.9. The van der Waals surface area contributed by atoms with E-state index in [1.165, 1.54) is 20.1 Å². The SMILES string of the molecule is Cn1c(=O)n(-c2ccc(N3CCCC3=O)c(F)c2)c2c3cc(-c4cccnc4)ccc3ncc21. The Labute approximate surface area is 193 Å². The summed E-state index contributed by atoms with van der Waals surface area (Å²) in [4.78, 5) is 35.6. The molecule has 0 saturated carbocycles. The Balaban J connectivity index is 1.59. The summed E-state index contributed by atoms with van der Waals surface area (Å²) in [5.74, 6) is -0.625. The molecule has 1 amide bonds. The van der Waals surface area contributed by atoms with E-state index < -0.39 is 5.82 Å². The Hall–Kier alpha value is -4.33. The van der Waals surface area contributed by atoms with Gasteiger partial charge in [-0.05, 0) is 42.3 Å². The van der Waals surface area contributed by atoms with Crippen molar-refractivity contribution in [1.82, 2.24) is 19.1 Å². The van der Waals surface area contributed by atoms with Gasteiger partial charge in [0.15, 0.2) is 0 Å². The van der Waals surface area contributed by atoms with Crippen molar-refractivity contribution >= 4 is 33.5 Å². The van der Waals surface area contributed by atoms with Crippen molar-refractivity contribution in [3.05, 3.63) is 83.4 Å². The highest BCUT2D eigenvalue weighted by atomic mass is 19.1. The fourth-order valence-electron chi connectivity index (χ4n) is 4.71. The standard InChI is InChI=1S/C26H20FN5O2/c1-30-23-15-29-21-8-6-16(17-4-2-10-28-14-17)12-19(21)25(23)32(26(30)34)18-7-9-22(20(27)13-18)31-11-3-5-24(31)33/h2,4,6-10,12-15H,3,5,11H2,1H3. The first-order chi connectivity index (χ1) is 16.5. The first kappa shape index (κ1) is 20.3. The maximum Gasteiger partial charge on any atom is 0.333 e. The first-order valence-electron chi connectivity index (χ1n) is 11.0. The van der Waals surface area contributed by atoms with Crippen LogP contribution in [-0.4, -0.2) is 31.6 Å². The van der Waals surface area contributed by atoms with Crippen LogP contribution in [0.15, 0.2) is 71.9 Å². The van der Waals surface area contributed by atoms with Gasteiger partial charge in [0.1, 0.15) is 5.82 Å². The molecular weight excluding hydrogens is 433 g/mol. The number of rotatable bonds is 3. The van der Waals surface area contributed by atoms with E-state index in [1.807, 2.05) is 30.3 Å². The molecule has 2 aromatic carbocycles. The van der Waals surface area contributed by atoms with Gasteiger partial charge in [0, 0.05) is 49.4 Å². The molecule has 4 heterocycles. The second-order valence-corrected chi connectivity index (χ2v) is 8.43. The fraction of sp³-hybridized carbons (Fsp3) is 0.154. The number of benzene rings is 2. The minimum atomic E-state index is -0.536. The maximum absolute atomic E-state index is 15.2. The van der Waals surface area contributed by atoms with Gasteiger partial charge < -0.3 is 4.90 Å². The van der Waals surface area contributed by atoms with Gasteiger partial charge in [-0.15, -0.1) is 0 Å². The molecule has 0 aliphatic carbocycles. The second-order valence-electron chi connectivity index (χ2n) is 8.43. The summed E-state index contributed by atoms with van der Waals surface area (Å²) in [6.07, 6.45) is 6.28. The highest BCUT2D eigenvalue weighted by molar-refractivity contribution is 6.04. The van der Waals surface area contributed by atoms with E-state index in [9.17, 15) is 9.59 Å². The first-order valence-corrected chi connectivity index (χ1v) is 11.0.